The first-order valence-corrected chi connectivity index (χ1v) is 10.9. The summed E-state index contributed by atoms with van der Waals surface area (Å²) in [6, 6.07) is 8.67. The molecule has 3 heterocycles. The van der Waals surface area contributed by atoms with Gasteiger partial charge >= 0.3 is 6.03 Å². The summed E-state index contributed by atoms with van der Waals surface area (Å²) in [5.74, 6) is 1.04. The standard InChI is InChI=1S/C23H27N3O4/c1-23(19-12-16-7-4-5-9-18(16)30-19)21(28)26(22(29)24-23)14-20(27)25-11-10-15-6-2-3-8-17(15)13-25/h4-5,7,9,12,15,17H,2-3,6,8,10-11,13-14H2,1H3,(H,24,29). The lowest BCUT2D eigenvalue weighted by atomic mass is 9.75. The largest absolute Gasteiger partial charge is 0.458 e. The predicted octanol–water partition coefficient (Wildman–Crippen LogP) is 3.24. The minimum atomic E-state index is -1.31. The van der Waals surface area contributed by atoms with Crippen LogP contribution in [0.15, 0.2) is 34.7 Å². The maximum absolute atomic E-state index is 13.2. The normalized spacial score (nSPS) is 29.2. The first-order chi connectivity index (χ1) is 14.5. The van der Waals surface area contributed by atoms with Gasteiger partial charge in [0.1, 0.15) is 17.9 Å². The van der Waals surface area contributed by atoms with Crippen molar-refractivity contribution in [2.45, 2.75) is 44.6 Å². The second-order valence-electron chi connectivity index (χ2n) is 9.03. The SMILES string of the molecule is CC1(c2cc3ccccc3o2)NC(=O)N(CC(=O)N2CCC3CCCCC3C2)C1=O. The Labute approximate surface area is 175 Å². The fourth-order valence-corrected chi connectivity index (χ4v) is 5.30. The van der Waals surface area contributed by atoms with Crippen LogP contribution in [0, 0.1) is 11.8 Å². The molecule has 1 saturated carbocycles. The Morgan fingerprint density at radius 2 is 1.93 bits per heavy atom. The van der Waals surface area contributed by atoms with Gasteiger partial charge in [0.2, 0.25) is 5.91 Å². The lowest BCUT2D eigenvalue weighted by molar-refractivity contribution is -0.140. The third-order valence-corrected chi connectivity index (χ3v) is 7.13. The Morgan fingerprint density at radius 3 is 2.73 bits per heavy atom. The van der Waals surface area contributed by atoms with Crippen LogP contribution in [0.5, 0.6) is 0 Å². The Bertz CT molecular complexity index is 982. The zero-order chi connectivity index (χ0) is 20.9. The molecule has 5 rings (SSSR count). The molecule has 0 spiro atoms. The van der Waals surface area contributed by atoms with E-state index < -0.39 is 17.5 Å². The summed E-state index contributed by atoms with van der Waals surface area (Å²) in [6.45, 7) is 2.86. The highest BCUT2D eigenvalue weighted by Gasteiger charge is 2.52. The molecular formula is C23H27N3O4. The van der Waals surface area contributed by atoms with Gasteiger partial charge in [0, 0.05) is 18.5 Å². The summed E-state index contributed by atoms with van der Waals surface area (Å²) < 4.78 is 5.84. The van der Waals surface area contributed by atoms with E-state index in [1.54, 1.807) is 13.0 Å². The smallest absolute Gasteiger partial charge is 0.325 e. The molecule has 158 valence electrons. The highest BCUT2D eigenvalue weighted by atomic mass is 16.3. The van der Waals surface area contributed by atoms with Crippen LogP contribution in [0.25, 0.3) is 11.0 Å². The molecule has 2 aliphatic heterocycles. The Morgan fingerprint density at radius 1 is 1.17 bits per heavy atom. The molecule has 30 heavy (non-hydrogen) atoms. The molecule has 0 bridgehead atoms. The van der Waals surface area contributed by atoms with Crippen LogP contribution in [0.3, 0.4) is 0 Å². The molecule has 2 aromatic rings. The third kappa shape index (κ3) is 3.07. The fourth-order valence-electron chi connectivity index (χ4n) is 5.30. The number of para-hydroxylation sites is 1. The highest BCUT2D eigenvalue weighted by Crippen LogP contribution is 2.36. The van der Waals surface area contributed by atoms with Crippen molar-refractivity contribution in [3.63, 3.8) is 0 Å². The van der Waals surface area contributed by atoms with E-state index in [0.717, 1.165) is 29.2 Å². The number of likely N-dealkylation sites (tertiary alicyclic amines) is 1. The fraction of sp³-hybridized carbons (Fsp3) is 0.522. The molecule has 3 atom stereocenters. The number of carbonyl (C=O) groups is 3. The van der Waals surface area contributed by atoms with Crippen molar-refractivity contribution < 1.29 is 18.8 Å². The van der Waals surface area contributed by atoms with Crippen molar-refractivity contribution in [1.29, 1.82) is 0 Å². The van der Waals surface area contributed by atoms with Gasteiger partial charge in [0.25, 0.3) is 5.91 Å². The number of nitrogens with one attached hydrogen (secondary N) is 1. The van der Waals surface area contributed by atoms with Gasteiger partial charge < -0.3 is 14.6 Å². The average Bonchev–Trinajstić information content (AvgIpc) is 3.29. The van der Waals surface area contributed by atoms with E-state index in [1.807, 2.05) is 29.2 Å². The molecule has 1 aromatic carbocycles. The number of imide groups is 1. The number of hydrogen-bond donors (Lipinski definition) is 1. The van der Waals surface area contributed by atoms with Gasteiger partial charge in [-0.2, -0.15) is 0 Å². The molecule has 7 nitrogen and oxygen atoms in total. The van der Waals surface area contributed by atoms with Gasteiger partial charge in [0.05, 0.1) is 0 Å². The van der Waals surface area contributed by atoms with Crippen LogP contribution >= 0.6 is 0 Å². The molecule has 0 radical (unpaired) electrons. The highest BCUT2D eigenvalue weighted by molar-refractivity contribution is 6.09. The van der Waals surface area contributed by atoms with Crippen LogP contribution in [0.1, 0.15) is 44.8 Å². The Hall–Kier alpha value is -2.83. The zero-order valence-corrected chi connectivity index (χ0v) is 17.2. The van der Waals surface area contributed by atoms with E-state index in [-0.39, 0.29) is 12.5 Å². The molecule has 3 aliphatic rings. The summed E-state index contributed by atoms with van der Waals surface area (Å²) in [5, 5.41) is 3.60. The topological polar surface area (TPSA) is 82.9 Å². The van der Waals surface area contributed by atoms with E-state index in [9.17, 15) is 14.4 Å². The van der Waals surface area contributed by atoms with Crippen molar-refractivity contribution in [1.82, 2.24) is 15.1 Å². The van der Waals surface area contributed by atoms with Crippen molar-refractivity contribution >= 4 is 28.8 Å². The molecule has 1 aliphatic carbocycles. The maximum atomic E-state index is 13.2. The number of piperidine rings is 1. The Balaban J connectivity index is 1.31. The van der Waals surface area contributed by atoms with E-state index in [2.05, 4.69) is 5.32 Å². The number of benzene rings is 1. The average molecular weight is 409 g/mol. The first-order valence-electron chi connectivity index (χ1n) is 10.9. The van der Waals surface area contributed by atoms with Crippen LogP contribution < -0.4 is 5.32 Å². The molecule has 3 fully saturated rings. The number of nitrogens with zero attached hydrogens (tertiary/aromatic N) is 2. The lowest BCUT2D eigenvalue weighted by Gasteiger charge is -2.41. The van der Waals surface area contributed by atoms with Gasteiger partial charge in [-0.05, 0) is 43.7 Å². The minimum absolute atomic E-state index is 0.156. The van der Waals surface area contributed by atoms with Gasteiger partial charge in [-0.25, -0.2) is 4.79 Å². The van der Waals surface area contributed by atoms with Gasteiger partial charge in [-0.1, -0.05) is 37.5 Å². The third-order valence-electron chi connectivity index (χ3n) is 7.13. The summed E-state index contributed by atoms with van der Waals surface area (Å²) in [6.07, 6.45) is 5.97. The summed E-state index contributed by atoms with van der Waals surface area (Å²) >= 11 is 0. The number of hydrogen-bond acceptors (Lipinski definition) is 4. The lowest BCUT2D eigenvalue weighted by Crippen LogP contribution is -2.49. The van der Waals surface area contributed by atoms with Crippen LogP contribution in [-0.2, 0) is 15.1 Å². The van der Waals surface area contributed by atoms with Crippen LogP contribution in [-0.4, -0.2) is 47.3 Å². The second kappa shape index (κ2) is 7.15. The molecule has 2 saturated heterocycles. The van der Waals surface area contributed by atoms with E-state index >= 15 is 0 Å². The van der Waals surface area contributed by atoms with E-state index in [1.165, 1.54) is 25.7 Å². The summed E-state index contributed by atoms with van der Waals surface area (Å²) in [5.41, 5.74) is -0.659. The molecule has 7 heteroatoms. The van der Waals surface area contributed by atoms with Crippen molar-refractivity contribution in [3.05, 3.63) is 36.1 Å². The number of rotatable bonds is 3. The van der Waals surface area contributed by atoms with Crippen LogP contribution in [0.4, 0.5) is 4.79 Å². The van der Waals surface area contributed by atoms with Crippen molar-refractivity contribution in [3.8, 4) is 0 Å². The minimum Gasteiger partial charge on any atom is -0.458 e. The number of urea groups is 1. The van der Waals surface area contributed by atoms with Gasteiger partial charge in [0.15, 0.2) is 5.54 Å². The summed E-state index contributed by atoms with van der Waals surface area (Å²) in [4.78, 5) is 41.6. The quantitative estimate of drug-likeness (QED) is 0.789. The number of furan rings is 1. The second-order valence-corrected chi connectivity index (χ2v) is 9.03. The van der Waals surface area contributed by atoms with Gasteiger partial charge in [-0.15, -0.1) is 0 Å². The number of fused-ring (bicyclic) bond motifs is 2. The van der Waals surface area contributed by atoms with Crippen molar-refractivity contribution in [2.75, 3.05) is 19.6 Å². The van der Waals surface area contributed by atoms with E-state index in [0.29, 0.717) is 23.8 Å². The Kier molecular flexibility index (Phi) is 4.56. The summed E-state index contributed by atoms with van der Waals surface area (Å²) in [7, 11) is 0. The monoisotopic (exact) mass is 409 g/mol. The van der Waals surface area contributed by atoms with Crippen LogP contribution in [0.2, 0.25) is 0 Å². The molecule has 1 N–H and O–H groups in total. The van der Waals surface area contributed by atoms with Crippen molar-refractivity contribution in [2.24, 2.45) is 11.8 Å². The number of carbonyl (C=O) groups excluding carboxylic acids is 3. The maximum Gasteiger partial charge on any atom is 0.325 e. The zero-order valence-electron chi connectivity index (χ0n) is 17.2. The number of amides is 4. The molecule has 3 unspecified atom stereocenters. The first kappa shape index (κ1) is 19.2. The molecular weight excluding hydrogens is 382 g/mol. The molecule has 4 amide bonds. The predicted molar refractivity (Wildman–Crippen MR) is 110 cm³/mol. The van der Waals surface area contributed by atoms with E-state index in [4.69, 9.17) is 4.42 Å². The van der Waals surface area contributed by atoms with Gasteiger partial charge in [-0.3, -0.25) is 14.5 Å². The molecule has 1 aromatic heterocycles.